The first-order valence-electron chi connectivity index (χ1n) is 4.72. The van der Waals surface area contributed by atoms with Crippen molar-refractivity contribution in [2.75, 3.05) is 0 Å². The zero-order valence-corrected chi connectivity index (χ0v) is 8.59. The molecule has 2 heteroatoms. The molecule has 1 N–H and O–H groups in total. The van der Waals surface area contributed by atoms with Crippen LogP contribution in [0.25, 0.3) is 0 Å². The summed E-state index contributed by atoms with van der Waals surface area (Å²) in [5, 5.41) is 4.06. The molecule has 0 aromatic rings. The number of hydrogen-bond acceptors (Lipinski definition) is 2. The van der Waals surface area contributed by atoms with Crippen LogP contribution in [0, 0.1) is 0 Å². The van der Waals surface area contributed by atoms with Crippen LogP contribution in [0.2, 0.25) is 0 Å². The molecule has 0 amide bonds. The zero-order valence-electron chi connectivity index (χ0n) is 8.59. The highest BCUT2D eigenvalue weighted by atomic mass is 15.3. The standard InChI is InChI=1S/C7H12N2.C3H8/c1-3-7-5-4-6(2)8-9-7;1-3-2/h4-5,7,9H,3H2,1-2H3;3H2,1-2H3. The molecule has 0 aromatic heterocycles. The van der Waals surface area contributed by atoms with Gasteiger partial charge in [0.25, 0.3) is 0 Å². The van der Waals surface area contributed by atoms with E-state index < -0.39 is 0 Å². The fourth-order valence-electron chi connectivity index (χ4n) is 0.748. The van der Waals surface area contributed by atoms with Crippen LogP contribution < -0.4 is 5.43 Å². The lowest BCUT2D eigenvalue weighted by molar-refractivity contribution is 0.600. The summed E-state index contributed by atoms with van der Waals surface area (Å²) in [5.74, 6) is 0. The lowest BCUT2D eigenvalue weighted by Gasteiger charge is -2.13. The third kappa shape index (κ3) is 4.94. The van der Waals surface area contributed by atoms with Gasteiger partial charge in [-0.1, -0.05) is 33.3 Å². The molecule has 0 spiro atoms. The van der Waals surface area contributed by atoms with Gasteiger partial charge in [-0.15, -0.1) is 0 Å². The Morgan fingerprint density at radius 1 is 1.42 bits per heavy atom. The molecule has 1 atom stereocenters. The zero-order chi connectivity index (χ0) is 9.40. The van der Waals surface area contributed by atoms with Crippen molar-refractivity contribution in [2.24, 2.45) is 5.10 Å². The van der Waals surface area contributed by atoms with E-state index in [1.807, 2.05) is 13.0 Å². The second-order valence-electron chi connectivity index (χ2n) is 2.96. The molecule has 70 valence electrons. The van der Waals surface area contributed by atoms with Crippen LogP contribution in [0.1, 0.15) is 40.5 Å². The number of nitrogens with zero attached hydrogens (tertiary/aromatic N) is 1. The summed E-state index contributed by atoms with van der Waals surface area (Å²) in [7, 11) is 0. The van der Waals surface area contributed by atoms with Crippen molar-refractivity contribution in [3.8, 4) is 0 Å². The fourth-order valence-corrected chi connectivity index (χ4v) is 0.748. The summed E-state index contributed by atoms with van der Waals surface area (Å²) in [6, 6.07) is 0.452. The SMILES string of the molecule is CCC.CCC1C=CC(C)=NN1. The molecule has 12 heavy (non-hydrogen) atoms. The Bertz CT molecular complexity index is 159. The average Bonchev–Trinajstić information content (AvgIpc) is 2.07. The lowest BCUT2D eigenvalue weighted by Crippen LogP contribution is -2.25. The third-order valence-corrected chi connectivity index (χ3v) is 1.42. The van der Waals surface area contributed by atoms with Crippen molar-refractivity contribution in [1.82, 2.24) is 5.43 Å². The van der Waals surface area contributed by atoms with Gasteiger partial charge in [-0.2, -0.15) is 5.10 Å². The van der Waals surface area contributed by atoms with Crippen LogP contribution in [-0.2, 0) is 0 Å². The van der Waals surface area contributed by atoms with Crippen LogP contribution in [0.5, 0.6) is 0 Å². The Morgan fingerprint density at radius 2 is 2.00 bits per heavy atom. The molecule has 0 aromatic carbocycles. The molecule has 0 aliphatic carbocycles. The molecule has 1 aliphatic rings. The molecule has 0 saturated carbocycles. The van der Waals surface area contributed by atoms with E-state index in [0.717, 1.165) is 12.1 Å². The van der Waals surface area contributed by atoms with E-state index in [4.69, 9.17) is 0 Å². The Morgan fingerprint density at radius 3 is 2.33 bits per heavy atom. The quantitative estimate of drug-likeness (QED) is 0.639. The first kappa shape index (κ1) is 11.2. The second kappa shape index (κ2) is 6.89. The fraction of sp³-hybridized carbons (Fsp3) is 0.700. The molecule has 1 unspecified atom stereocenters. The molecule has 0 radical (unpaired) electrons. The van der Waals surface area contributed by atoms with Gasteiger partial charge in [-0.3, -0.25) is 0 Å². The molecule has 0 fully saturated rings. The second-order valence-corrected chi connectivity index (χ2v) is 2.96. The van der Waals surface area contributed by atoms with E-state index in [-0.39, 0.29) is 0 Å². The first-order valence-corrected chi connectivity index (χ1v) is 4.72. The number of nitrogens with one attached hydrogen (secondary N) is 1. The maximum absolute atomic E-state index is 4.06. The third-order valence-electron chi connectivity index (χ3n) is 1.42. The van der Waals surface area contributed by atoms with Gasteiger partial charge >= 0.3 is 0 Å². The minimum atomic E-state index is 0.452. The summed E-state index contributed by atoms with van der Waals surface area (Å²) >= 11 is 0. The number of allylic oxidation sites excluding steroid dienone is 1. The van der Waals surface area contributed by atoms with Gasteiger partial charge in [-0.25, -0.2) is 0 Å². The summed E-state index contributed by atoms with van der Waals surface area (Å²) in [6.07, 6.45) is 6.54. The van der Waals surface area contributed by atoms with Crippen molar-refractivity contribution < 1.29 is 0 Å². The molecule has 1 rings (SSSR count). The molecule has 2 nitrogen and oxygen atoms in total. The number of hydrazone groups is 1. The summed E-state index contributed by atoms with van der Waals surface area (Å²) in [6.45, 7) is 8.37. The summed E-state index contributed by atoms with van der Waals surface area (Å²) in [5.41, 5.74) is 4.07. The van der Waals surface area contributed by atoms with Crippen molar-refractivity contribution in [3.63, 3.8) is 0 Å². The van der Waals surface area contributed by atoms with Gasteiger partial charge in [-0.05, 0) is 19.4 Å². The van der Waals surface area contributed by atoms with E-state index in [1.54, 1.807) is 0 Å². The van der Waals surface area contributed by atoms with Crippen LogP contribution in [-0.4, -0.2) is 11.8 Å². The van der Waals surface area contributed by atoms with Gasteiger partial charge in [0.15, 0.2) is 0 Å². The van der Waals surface area contributed by atoms with E-state index in [2.05, 4.69) is 37.4 Å². The largest absolute Gasteiger partial charge is 0.303 e. The Labute approximate surface area is 75.7 Å². The number of hydrogen-bond donors (Lipinski definition) is 1. The lowest BCUT2D eigenvalue weighted by atomic mass is 10.2. The number of rotatable bonds is 1. The molecule has 1 heterocycles. The van der Waals surface area contributed by atoms with Crippen molar-refractivity contribution in [1.29, 1.82) is 0 Å². The molecule has 0 bridgehead atoms. The van der Waals surface area contributed by atoms with Crippen LogP contribution in [0.3, 0.4) is 0 Å². The van der Waals surface area contributed by atoms with Gasteiger partial charge in [0, 0.05) is 0 Å². The maximum Gasteiger partial charge on any atom is 0.0621 e. The normalized spacial score (nSPS) is 20.3. The van der Waals surface area contributed by atoms with Crippen molar-refractivity contribution in [2.45, 2.75) is 46.6 Å². The van der Waals surface area contributed by atoms with Gasteiger partial charge in [0.2, 0.25) is 0 Å². The predicted octanol–water partition coefficient (Wildman–Crippen LogP) is 2.72. The topological polar surface area (TPSA) is 24.4 Å². The Balaban J connectivity index is 0.000000354. The van der Waals surface area contributed by atoms with Gasteiger partial charge in [0.05, 0.1) is 11.8 Å². The van der Waals surface area contributed by atoms with Gasteiger partial charge in [0.1, 0.15) is 0 Å². The minimum Gasteiger partial charge on any atom is -0.303 e. The monoisotopic (exact) mass is 168 g/mol. The predicted molar refractivity (Wildman–Crippen MR) is 55.4 cm³/mol. The average molecular weight is 168 g/mol. The van der Waals surface area contributed by atoms with E-state index in [1.165, 1.54) is 6.42 Å². The van der Waals surface area contributed by atoms with Crippen LogP contribution in [0.15, 0.2) is 17.3 Å². The van der Waals surface area contributed by atoms with E-state index >= 15 is 0 Å². The van der Waals surface area contributed by atoms with Crippen LogP contribution >= 0.6 is 0 Å². The minimum absolute atomic E-state index is 0.452. The maximum atomic E-state index is 4.06. The van der Waals surface area contributed by atoms with E-state index in [9.17, 15) is 0 Å². The highest BCUT2D eigenvalue weighted by Gasteiger charge is 2.01. The smallest absolute Gasteiger partial charge is 0.0621 e. The molecular weight excluding hydrogens is 148 g/mol. The van der Waals surface area contributed by atoms with Gasteiger partial charge < -0.3 is 5.43 Å². The van der Waals surface area contributed by atoms with Crippen LogP contribution in [0.4, 0.5) is 0 Å². The molecule has 1 aliphatic heterocycles. The Hall–Kier alpha value is -0.790. The summed E-state index contributed by atoms with van der Waals surface area (Å²) < 4.78 is 0. The highest BCUT2D eigenvalue weighted by molar-refractivity contribution is 5.93. The molecule has 0 saturated heterocycles. The van der Waals surface area contributed by atoms with Crippen molar-refractivity contribution >= 4 is 5.71 Å². The van der Waals surface area contributed by atoms with E-state index in [0.29, 0.717) is 6.04 Å². The highest BCUT2D eigenvalue weighted by Crippen LogP contribution is 1.98. The first-order chi connectivity index (χ1) is 5.74. The van der Waals surface area contributed by atoms with Crippen molar-refractivity contribution in [3.05, 3.63) is 12.2 Å². The Kier molecular flexibility index (Phi) is 6.44. The molecular formula is C10H20N2. The summed E-state index contributed by atoms with van der Waals surface area (Å²) in [4.78, 5) is 0.